The minimum absolute atomic E-state index is 0.0889. The van der Waals surface area contributed by atoms with Crippen LogP contribution in [-0.2, 0) is 14.3 Å². The van der Waals surface area contributed by atoms with E-state index < -0.39 is 21.8 Å². The third-order valence-corrected chi connectivity index (χ3v) is 8.68. The molecule has 4 rings (SSSR count). The molecule has 1 fully saturated rings. The summed E-state index contributed by atoms with van der Waals surface area (Å²) >= 11 is 0. The van der Waals surface area contributed by atoms with Crippen LogP contribution in [0.2, 0.25) is 0 Å². The van der Waals surface area contributed by atoms with Crippen LogP contribution in [-0.4, -0.2) is 23.0 Å². The standard InChI is InChI=1S/C33H40O4/c1-21(2)14-15-24-20-32(19-16-22(3)4)27(35)25-17-18-30(5,6)37-28(25)33(29(32)36,31(24,7)8)26(34)23-12-10-9-11-13-23/h9-14,16-18,24H,15,19-20H2,1-8H3. The summed E-state index contributed by atoms with van der Waals surface area (Å²) < 4.78 is 6.53. The molecule has 3 aliphatic rings. The van der Waals surface area contributed by atoms with Gasteiger partial charge in [-0.2, -0.15) is 0 Å². The lowest BCUT2D eigenvalue weighted by Gasteiger charge is -2.61. The van der Waals surface area contributed by atoms with Crippen LogP contribution < -0.4 is 0 Å². The summed E-state index contributed by atoms with van der Waals surface area (Å²) in [5.74, 6) is -0.652. The van der Waals surface area contributed by atoms with Gasteiger partial charge in [0.25, 0.3) is 0 Å². The molecule has 196 valence electrons. The number of hydrogen-bond donors (Lipinski definition) is 0. The molecule has 1 saturated carbocycles. The zero-order chi connectivity index (χ0) is 27.4. The highest BCUT2D eigenvalue weighted by atomic mass is 16.5. The van der Waals surface area contributed by atoms with E-state index >= 15 is 4.79 Å². The zero-order valence-electron chi connectivity index (χ0n) is 23.5. The van der Waals surface area contributed by atoms with Crippen molar-refractivity contribution in [3.05, 3.63) is 82.7 Å². The quantitative estimate of drug-likeness (QED) is 0.232. The summed E-state index contributed by atoms with van der Waals surface area (Å²) in [6, 6.07) is 9.01. The summed E-state index contributed by atoms with van der Waals surface area (Å²) in [4.78, 5) is 44.2. The van der Waals surface area contributed by atoms with Crippen LogP contribution in [0.3, 0.4) is 0 Å². The van der Waals surface area contributed by atoms with Gasteiger partial charge in [-0.15, -0.1) is 0 Å². The smallest absolute Gasteiger partial charge is 0.184 e. The van der Waals surface area contributed by atoms with Crippen molar-refractivity contribution in [2.45, 2.75) is 80.3 Å². The number of ketones is 3. The third kappa shape index (κ3) is 4.00. The number of hydrogen-bond acceptors (Lipinski definition) is 4. The lowest BCUT2D eigenvalue weighted by atomic mass is 9.39. The maximum absolute atomic E-state index is 15.0. The topological polar surface area (TPSA) is 60.4 Å². The van der Waals surface area contributed by atoms with E-state index in [2.05, 4.69) is 19.9 Å². The fraction of sp³-hybridized carbons (Fsp3) is 0.485. The molecule has 0 amide bonds. The van der Waals surface area contributed by atoms with Crippen LogP contribution in [0.5, 0.6) is 0 Å². The van der Waals surface area contributed by atoms with Crippen LogP contribution in [0.15, 0.2) is 77.1 Å². The first-order valence-corrected chi connectivity index (χ1v) is 13.3. The molecule has 1 aromatic carbocycles. The van der Waals surface area contributed by atoms with Crippen LogP contribution >= 0.6 is 0 Å². The van der Waals surface area contributed by atoms with E-state index in [0.29, 0.717) is 24.0 Å². The summed E-state index contributed by atoms with van der Waals surface area (Å²) in [5, 5.41) is 0. The SMILES string of the molecule is CC(C)=CCC1CC2(CC=C(C)C)C(=O)C3=C(OC(C)(C)C=C3)C(C(=O)c3ccccc3)(C2=O)C1(C)C. The highest BCUT2D eigenvalue weighted by Gasteiger charge is 2.75. The summed E-state index contributed by atoms with van der Waals surface area (Å²) in [7, 11) is 0. The number of rotatable bonds is 6. The molecule has 0 aromatic heterocycles. The van der Waals surface area contributed by atoms with Crippen molar-refractivity contribution >= 4 is 17.3 Å². The van der Waals surface area contributed by atoms with Gasteiger partial charge in [0.15, 0.2) is 22.8 Å². The Morgan fingerprint density at radius 2 is 1.59 bits per heavy atom. The molecule has 2 bridgehead atoms. The van der Waals surface area contributed by atoms with Crippen molar-refractivity contribution in [3.63, 3.8) is 0 Å². The molecule has 4 nitrogen and oxygen atoms in total. The van der Waals surface area contributed by atoms with E-state index in [0.717, 1.165) is 5.57 Å². The Bertz CT molecular complexity index is 1260. The first-order chi connectivity index (χ1) is 17.2. The second-order valence-corrected chi connectivity index (χ2v) is 12.6. The number of Topliss-reactive ketones (excluding diaryl/α,β-unsaturated/α-hetero) is 3. The molecular formula is C33H40O4. The first kappa shape index (κ1) is 27.0. The third-order valence-electron chi connectivity index (χ3n) is 8.68. The maximum Gasteiger partial charge on any atom is 0.184 e. The lowest BCUT2D eigenvalue weighted by molar-refractivity contribution is -0.167. The monoisotopic (exact) mass is 500 g/mol. The summed E-state index contributed by atoms with van der Waals surface area (Å²) in [6.45, 7) is 15.9. The van der Waals surface area contributed by atoms with Gasteiger partial charge in [-0.05, 0) is 84.3 Å². The Morgan fingerprint density at radius 3 is 2.19 bits per heavy atom. The Kier molecular flexibility index (Phi) is 6.63. The minimum Gasteiger partial charge on any atom is -0.486 e. The van der Waals surface area contributed by atoms with Crippen LogP contribution in [0, 0.1) is 22.2 Å². The Labute approximate surface area is 221 Å². The van der Waals surface area contributed by atoms with Crippen molar-refractivity contribution in [1.82, 2.24) is 0 Å². The molecule has 37 heavy (non-hydrogen) atoms. The number of ether oxygens (including phenoxy) is 1. The zero-order valence-corrected chi connectivity index (χ0v) is 23.5. The fourth-order valence-corrected chi connectivity index (χ4v) is 6.45. The molecule has 0 N–H and O–H groups in total. The van der Waals surface area contributed by atoms with Gasteiger partial charge in [0, 0.05) is 5.56 Å². The van der Waals surface area contributed by atoms with Crippen LogP contribution in [0.25, 0.3) is 0 Å². The lowest BCUT2D eigenvalue weighted by Crippen LogP contribution is -2.69. The van der Waals surface area contributed by atoms with E-state index in [4.69, 9.17) is 4.74 Å². The van der Waals surface area contributed by atoms with Crippen molar-refractivity contribution in [2.75, 3.05) is 0 Å². The largest absolute Gasteiger partial charge is 0.486 e. The van der Waals surface area contributed by atoms with Crippen molar-refractivity contribution in [2.24, 2.45) is 22.2 Å². The van der Waals surface area contributed by atoms with Crippen LogP contribution in [0.1, 0.15) is 85.0 Å². The molecule has 2 aliphatic carbocycles. The van der Waals surface area contributed by atoms with E-state index in [9.17, 15) is 9.59 Å². The predicted molar refractivity (Wildman–Crippen MR) is 147 cm³/mol. The molecule has 3 unspecified atom stereocenters. The number of allylic oxidation sites excluding steroid dienone is 7. The summed E-state index contributed by atoms with van der Waals surface area (Å²) in [5.41, 5.74) is -1.45. The summed E-state index contributed by atoms with van der Waals surface area (Å²) in [6.07, 6.45) is 9.17. The van der Waals surface area contributed by atoms with Crippen molar-refractivity contribution in [1.29, 1.82) is 0 Å². The molecule has 0 radical (unpaired) electrons. The van der Waals surface area contributed by atoms with Gasteiger partial charge in [0.1, 0.15) is 11.4 Å². The predicted octanol–water partition coefficient (Wildman–Crippen LogP) is 7.37. The van der Waals surface area contributed by atoms with Gasteiger partial charge < -0.3 is 4.74 Å². The molecule has 4 heteroatoms. The number of fused-ring (bicyclic) bond motifs is 3. The average molecular weight is 501 g/mol. The van der Waals surface area contributed by atoms with E-state index in [1.807, 2.05) is 71.9 Å². The number of carbonyl (C=O) groups excluding carboxylic acids is 3. The van der Waals surface area contributed by atoms with Crippen molar-refractivity contribution in [3.8, 4) is 0 Å². The second kappa shape index (κ2) is 9.08. The van der Waals surface area contributed by atoms with E-state index in [-0.39, 0.29) is 35.4 Å². The maximum atomic E-state index is 15.0. The van der Waals surface area contributed by atoms with Gasteiger partial charge in [0.2, 0.25) is 0 Å². The molecule has 3 atom stereocenters. The Morgan fingerprint density at radius 1 is 0.973 bits per heavy atom. The first-order valence-electron chi connectivity index (χ1n) is 13.3. The van der Waals surface area contributed by atoms with Gasteiger partial charge in [0.05, 0.1) is 11.0 Å². The van der Waals surface area contributed by atoms with E-state index in [1.54, 1.807) is 18.2 Å². The molecule has 0 saturated heterocycles. The average Bonchev–Trinajstić information content (AvgIpc) is 2.82. The normalized spacial score (nSPS) is 29.2. The van der Waals surface area contributed by atoms with Crippen LogP contribution in [0.4, 0.5) is 0 Å². The minimum atomic E-state index is -1.62. The Balaban J connectivity index is 2.12. The number of carbonyl (C=O) groups is 3. The Hall–Kier alpha value is -3.01. The van der Waals surface area contributed by atoms with Crippen molar-refractivity contribution < 1.29 is 19.1 Å². The fourth-order valence-electron chi connectivity index (χ4n) is 6.45. The molecule has 1 heterocycles. The molecule has 0 spiro atoms. The van der Waals surface area contributed by atoms with Gasteiger partial charge >= 0.3 is 0 Å². The molecule has 1 aliphatic heterocycles. The highest BCUT2D eigenvalue weighted by Crippen LogP contribution is 2.67. The molecule has 1 aromatic rings. The van der Waals surface area contributed by atoms with Gasteiger partial charge in [-0.3, -0.25) is 14.4 Å². The van der Waals surface area contributed by atoms with Gasteiger partial charge in [-0.25, -0.2) is 0 Å². The highest BCUT2D eigenvalue weighted by molar-refractivity contribution is 6.30. The number of benzene rings is 1. The molecular weight excluding hydrogens is 460 g/mol. The second-order valence-electron chi connectivity index (χ2n) is 12.6. The van der Waals surface area contributed by atoms with Gasteiger partial charge in [-0.1, -0.05) is 67.5 Å². The van der Waals surface area contributed by atoms with E-state index in [1.165, 1.54) is 5.57 Å².